The first-order valence-electron chi connectivity index (χ1n) is 12.0. The quantitative estimate of drug-likeness (QED) is 0.690. The van der Waals surface area contributed by atoms with Gasteiger partial charge in [-0.15, -0.1) is 0 Å². The maximum atomic E-state index is 13.8. The second-order valence-electron chi connectivity index (χ2n) is 9.58. The molecule has 0 bridgehead atoms. The smallest absolute Gasteiger partial charge is 0.254 e. The maximum absolute atomic E-state index is 13.8. The fraction of sp³-hybridized carbons (Fsp3) is 0.481. The number of hydrogen-bond donors (Lipinski definition) is 0. The lowest BCUT2D eigenvalue weighted by atomic mass is 9.71. The van der Waals surface area contributed by atoms with Crippen molar-refractivity contribution in [3.8, 4) is 11.5 Å². The van der Waals surface area contributed by atoms with Gasteiger partial charge in [0.2, 0.25) is 0 Å². The Kier molecular flexibility index (Phi) is 5.55. The Morgan fingerprint density at radius 3 is 2.42 bits per heavy atom. The highest BCUT2D eigenvalue weighted by atomic mass is 16.6. The molecule has 33 heavy (non-hydrogen) atoms. The third kappa shape index (κ3) is 3.65. The van der Waals surface area contributed by atoms with Crippen LogP contribution in [-0.2, 0) is 5.41 Å². The zero-order valence-corrected chi connectivity index (χ0v) is 19.7. The van der Waals surface area contributed by atoms with Gasteiger partial charge in [-0.1, -0.05) is 18.9 Å². The van der Waals surface area contributed by atoms with Crippen LogP contribution in [0.3, 0.4) is 0 Å². The summed E-state index contributed by atoms with van der Waals surface area (Å²) >= 11 is 0. The van der Waals surface area contributed by atoms with Gasteiger partial charge in [0, 0.05) is 36.7 Å². The van der Waals surface area contributed by atoms with Gasteiger partial charge >= 0.3 is 0 Å². The van der Waals surface area contributed by atoms with Gasteiger partial charge in [-0.2, -0.15) is 0 Å². The van der Waals surface area contributed by atoms with Gasteiger partial charge in [-0.3, -0.25) is 9.59 Å². The molecule has 0 radical (unpaired) electrons. The SMILES string of the molecule is CCN(C)C(=O)c1cccc(C(=O)N2CC3(CCCC3)c3cc4c(cc3C2C)OCCO4)c1. The van der Waals surface area contributed by atoms with E-state index in [1.165, 1.54) is 5.56 Å². The van der Waals surface area contributed by atoms with E-state index >= 15 is 0 Å². The van der Waals surface area contributed by atoms with Crippen LogP contribution in [0.25, 0.3) is 0 Å². The van der Waals surface area contributed by atoms with Gasteiger partial charge < -0.3 is 19.3 Å². The van der Waals surface area contributed by atoms with Crippen molar-refractivity contribution in [2.75, 3.05) is 33.4 Å². The molecule has 1 spiro atoms. The summed E-state index contributed by atoms with van der Waals surface area (Å²) in [6, 6.07) is 11.3. The molecule has 1 atom stereocenters. The lowest BCUT2D eigenvalue weighted by Crippen LogP contribution is -2.48. The normalized spacial score (nSPS) is 20.5. The van der Waals surface area contributed by atoms with Crippen LogP contribution in [0.5, 0.6) is 11.5 Å². The molecule has 2 amide bonds. The monoisotopic (exact) mass is 448 g/mol. The molecule has 2 aromatic carbocycles. The van der Waals surface area contributed by atoms with Gasteiger partial charge in [0.25, 0.3) is 11.8 Å². The highest BCUT2D eigenvalue weighted by Gasteiger charge is 2.46. The van der Waals surface area contributed by atoms with Crippen molar-refractivity contribution < 1.29 is 19.1 Å². The lowest BCUT2D eigenvalue weighted by molar-refractivity contribution is 0.0593. The number of rotatable bonds is 3. The summed E-state index contributed by atoms with van der Waals surface area (Å²) < 4.78 is 11.8. The molecular weight excluding hydrogens is 416 g/mol. The highest BCUT2D eigenvalue weighted by Crippen LogP contribution is 2.52. The molecule has 2 aliphatic heterocycles. The maximum Gasteiger partial charge on any atom is 0.254 e. The summed E-state index contributed by atoms with van der Waals surface area (Å²) in [4.78, 5) is 30.1. The molecule has 5 rings (SSSR count). The van der Waals surface area contributed by atoms with Crippen molar-refractivity contribution in [3.63, 3.8) is 0 Å². The van der Waals surface area contributed by atoms with Crippen molar-refractivity contribution >= 4 is 11.8 Å². The largest absolute Gasteiger partial charge is 0.486 e. The summed E-state index contributed by atoms with van der Waals surface area (Å²) in [5, 5.41) is 0. The highest BCUT2D eigenvalue weighted by molar-refractivity contribution is 6.00. The van der Waals surface area contributed by atoms with Gasteiger partial charge in [0.15, 0.2) is 11.5 Å². The Bertz CT molecular complexity index is 1090. The number of carbonyl (C=O) groups is 2. The van der Waals surface area contributed by atoms with E-state index in [0.29, 0.717) is 37.4 Å². The van der Waals surface area contributed by atoms with Crippen LogP contribution in [0.4, 0.5) is 0 Å². The van der Waals surface area contributed by atoms with Crippen molar-refractivity contribution in [1.82, 2.24) is 9.80 Å². The minimum Gasteiger partial charge on any atom is -0.486 e. The Hall–Kier alpha value is -3.02. The Labute approximate surface area is 195 Å². The van der Waals surface area contributed by atoms with Crippen LogP contribution in [0.15, 0.2) is 36.4 Å². The second kappa shape index (κ2) is 8.40. The third-order valence-corrected chi connectivity index (χ3v) is 7.68. The van der Waals surface area contributed by atoms with E-state index in [9.17, 15) is 9.59 Å². The van der Waals surface area contributed by atoms with Crippen molar-refractivity contribution in [1.29, 1.82) is 0 Å². The number of carbonyl (C=O) groups excluding carboxylic acids is 2. The number of benzene rings is 2. The van der Waals surface area contributed by atoms with Crippen LogP contribution in [-0.4, -0.2) is 55.0 Å². The van der Waals surface area contributed by atoms with E-state index < -0.39 is 0 Å². The Balaban J connectivity index is 1.52. The zero-order valence-electron chi connectivity index (χ0n) is 19.7. The van der Waals surface area contributed by atoms with Crippen LogP contribution in [0.1, 0.15) is 77.4 Å². The predicted molar refractivity (Wildman–Crippen MR) is 126 cm³/mol. The zero-order chi connectivity index (χ0) is 23.2. The second-order valence-corrected chi connectivity index (χ2v) is 9.58. The molecule has 1 aliphatic carbocycles. The minimum absolute atomic E-state index is 0.0249. The topological polar surface area (TPSA) is 59.1 Å². The third-order valence-electron chi connectivity index (χ3n) is 7.68. The predicted octanol–water partition coefficient (Wildman–Crippen LogP) is 4.58. The van der Waals surface area contributed by atoms with Gasteiger partial charge in [-0.05, 0) is 68.1 Å². The molecule has 1 fully saturated rings. The van der Waals surface area contributed by atoms with Crippen molar-refractivity contribution in [2.24, 2.45) is 0 Å². The lowest BCUT2D eigenvalue weighted by Gasteiger charge is -2.46. The number of hydrogen-bond acceptors (Lipinski definition) is 4. The van der Waals surface area contributed by atoms with Crippen LogP contribution in [0.2, 0.25) is 0 Å². The minimum atomic E-state index is -0.0905. The standard InChI is InChI=1S/C27H32N2O4/c1-4-28(3)25(30)19-8-7-9-20(14-19)26(31)29-17-27(10-5-6-11-27)22-16-24-23(32-12-13-33-24)15-21(22)18(29)2/h7-9,14-16,18H,4-6,10-13,17H2,1-3H3. The van der Waals surface area contributed by atoms with Crippen molar-refractivity contribution in [2.45, 2.75) is 51.0 Å². The van der Waals surface area contributed by atoms with Gasteiger partial charge in [-0.25, -0.2) is 0 Å². The molecule has 2 heterocycles. The summed E-state index contributed by atoms with van der Waals surface area (Å²) in [5.41, 5.74) is 3.52. The molecule has 6 heteroatoms. The molecule has 6 nitrogen and oxygen atoms in total. The van der Waals surface area contributed by atoms with Crippen LogP contribution < -0.4 is 9.47 Å². The molecule has 174 valence electrons. The number of amides is 2. The summed E-state index contributed by atoms with van der Waals surface area (Å²) in [6.45, 7) is 6.45. The van der Waals surface area contributed by atoms with Crippen LogP contribution in [0, 0.1) is 0 Å². The fourth-order valence-corrected chi connectivity index (χ4v) is 5.67. The molecule has 1 saturated carbocycles. The van der Waals surface area contributed by atoms with Gasteiger partial charge in [0.05, 0.1) is 6.04 Å². The first kappa shape index (κ1) is 21.8. The molecule has 0 N–H and O–H groups in total. The average Bonchev–Trinajstić information content (AvgIpc) is 3.33. The average molecular weight is 449 g/mol. The summed E-state index contributed by atoms with van der Waals surface area (Å²) in [5.74, 6) is 1.50. The summed E-state index contributed by atoms with van der Waals surface area (Å²) in [6.07, 6.45) is 4.46. The molecule has 0 saturated heterocycles. The number of ether oxygens (including phenoxy) is 2. The van der Waals surface area contributed by atoms with E-state index in [2.05, 4.69) is 19.1 Å². The van der Waals surface area contributed by atoms with E-state index in [1.54, 1.807) is 30.1 Å². The molecule has 2 aromatic rings. The molecule has 3 aliphatic rings. The Morgan fingerprint density at radius 1 is 1.06 bits per heavy atom. The summed E-state index contributed by atoms with van der Waals surface area (Å²) in [7, 11) is 1.77. The van der Waals surface area contributed by atoms with Gasteiger partial charge in [0.1, 0.15) is 13.2 Å². The first-order valence-corrected chi connectivity index (χ1v) is 12.0. The number of fused-ring (bicyclic) bond motifs is 3. The Morgan fingerprint density at radius 2 is 1.73 bits per heavy atom. The van der Waals surface area contributed by atoms with E-state index in [-0.39, 0.29) is 23.3 Å². The molecule has 0 aromatic heterocycles. The van der Waals surface area contributed by atoms with Crippen molar-refractivity contribution in [3.05, 3.63) is 58.7 Å². The van der Waals surface area contributed by atoms with E-state index in [1.807, 2.05) is 17.9 Å². The number of nitrogens with zero attached hydrogens (tertiary/aromatic N) is 2. The molecular formula is C27H32N2O4. The first-order chi connectivity index (χ1) is 15.9. The van der Waals surface area contributed by atoms with Crippen LogP contribution >= 0.6 is 0 Å². The fourth-order valence-electron chi connectivity index (χ4n) is 5.67. The van der Waals surface area contributed by atoms with E-state index in [0.717, 1.165) is 42.7 Å². The molecule has 1 unspecified atom stereocenters. The van der Waals surface area contributed by atoms with E-state index in [4.69, 9.17) is 9.47 Å².